The Balaban J connectivity index is 1.47. The van der Waals surface area contributed by atoms with Gasteiger partial charge in [-0.25, -0.2) is 0 Å². The van der Waals surface area contributed by atoms with Crippen molar-refractivity contribution >= 4 is 28.3 Å². The number of hydrogen-bond donors (Lipinski definition) is 4. The number of methoxy groups -OCH3 is 1. The lowest BCUT2D eigenvalue weighted by Crippen LogP contribution is -2.37. The van der Waals surface area contributed by atoms with Gasteiger partial charge >= 0.3 is 0 Å². The largest absolute Gasteiger partial charge is 0.504 e. The van der Waals surface area contributed by atoms with Crippen LogP contribution in [0, 0.1) is 0 Å². The van der Waals surface area contributed by atoms with Crippen molar-refractivity contribution < 1.29 is 19.4 Å². The molecule has 1 aliphatic rings. The number of carbonyl (C=O) groups is 2. The Morgan fingerprint density at radius 2 is 1.76 bits per heavy atom. The molecule has 0 radical (unpaired) electrons. The number of hydrogen-bond acceptors (Lipinski definition) is 5. The van der Waals surface area contributed by atoms with E-state index in [9.17, 15) is 14.7 Å². The van der Waals surface area contributed by atoms with Gasteiger partial charge in [0.05, 0.1) is 12.7 Å². The van der Waals surface area contributed by atoms with Gasteiger partial charge in [-0.05, 0) is 64.5 Å². The summed E-state index contributed by atoms with van der Waals surface area (Å²) < 4.78 is 5.06. The van der Waals surface area contributed by atoms with Crippen molar-refractivity contribution in [2.45, 2.75) is 6.54 Å². The second kappa shape index (κ2) is 8.20. The van der Waals surface area contributed by atoms with Crippen LogP contribution in [-0.4, -0.2) is 29.0 Å². The molecule has 0 atom stereocenters. The minimum Gasteiger partial charge on any atom is -0.504 e. The number of fused-ring (bicyclic) bond motifs is 2. The third kappa shape index (κ3) is 3.80. The zero-order chi connectivity index (χ0) is 22.9. The number of aromatic nitrogens is 1. The molecule has 4 N–H and O–H groups in total. The minimum atomic E-state index is -0.462. The van der Waals surface area contributed by atoms with Gasteiger partial charge in [-0.2, -0.15) is 0 Å². The van der Waals surface area contributed by atoms with Crippen LogP contribution in [0.2, 0.25) is 0 Å². The van der Waals surface area contributed by atoms with Gasteiger partial charge in [-0.3, -0.25) is 14.9 Å². The zero-order valence-corrected chi connectivity index (χ0v) is 17.8. The fraction of sp³-hybridized carbons (Fsp3) is 0.0769. The van der Waals surface area contributed by atoms with E-state index in [1.807, 2.05) is 42.6 Å². The average molecular weight is 439 g/mol. The molecule has 164 valence electrons. The Morgan fingerprint density at radius 1 is 0.939 bits per heavy atom. The predicted octanol–water partition coefficient (Wildman–Crippen LogP) is 3.95. The van der Waals surface area contributed by atoms with Crippen molar-refractivity contribution in [2.24, 2.45) is 0 Å². The fourth-order valence-corrected chi connectivity index (χ4v) is 4.00. The summed E-state index contributed by atoms with van der Waals surface area (Å²) in [4.78, 5) is 28.2. The summed E-state index contributed by atoms with van der Waals surface area (Å²) in [5.41, 5.74) is 5.13. The Bertz CT molecular complexity index is 1430. The quantitative estimate of drug-likeness (QED) is 0.279. The van der Waals surface area contributed by atoms with Crippen molar-refractivity contribution in [3.05, 3.63) is 89.8 Å². The maximum absolute atomic E-state index is 12.6. The number of H-pyrrole nitrogens is 1. The third-order valence-corrected chi connectivity index (χ3v) is 5.71. The van der Waals surface area contributed by atoms with E-state index in [0.29, 0.717) is 29.0 Å². The smallest absolute Gasteiger partial charge is 0.260 e. The Kier molecular flexibility index (Phi) is 5.06. The molecule has 0 saturated heterocycles. The number of aromatic hydroxyl groups is 1. The van der Waals surface area contributed by atoms with E-state index in [4.69, 9.17) is 4.74 Å². The highest BCUT2D eigenvalue weighted by Gasteiger charge is 2.27. The normalized spacial score (nSPS) is 14.3. The predicted molar refractivity (Wildman–Crippen MR) is 126 cm³/mol. The van der Waals surface area contributed by atoms with E-state index in [-0.39, 0.29) is 5.75 Å². The van der Waals surface area contributed by atoms with Gasteiger partial charge in [0.15, 0.2) is 11.5 Å². The second-order valence-corrected chi connectivity index (χ2v) is 7.77. The lowest BCUT2D eigenvalue weighted by atomic mass is 9.91. The Morgan fingerprint density at radius 3 is 2.58 bits per heavy atom. The van der Waals surface area contributed by atoms with Crippen molar-refractivity contribution in [1.29, 1.82) is 0 Å². The van der Waals surface area contributed by atoms with Crippen LogP contribution < -0.4 is 15.4 Å². The number of imide groups is 1. The van der Waals surface area contributed by atoms with Crippen molar-refractivity contribution in [1.82, 2.24) is 15.6 Å². The van der Waals surface area contributed by atoms with Crippen molar-refractivity contribution in [3.8, 4) is 22.6 Å². The maximum atomic E-state index is 12.6. The van der Waals surface area contributed by atoms with Crippen molar-refractivity contribution in [2.75, 3.05) is 7.11 Å². The average Bonchev–Trinajstić information content (AvgIpc) is 3.29. The molecule has 3 aromatic carbocycles. The van der Waals surface area contributed by atoms with Gasteiger partial charge in [-0.1, -0.05) is 18.2 Å². The maximum Gasteiger partial charge on any atom is 0.260 e. The molecular weight excluding hydrogens is 418 g/mol. The molecule has 0 fully saturated rings. The molecule has 1 aliphatic heterocycles. The lowest BCUT2D eigenvalue weighted by Gasteiger charge is -2.19. The molecule has 0 bridgehead atoms. The van der Waals surface area contributed by atoms with E-state index < -0.39 is 11.8 Å². The molecular formula is C26H21N3O4. The lowest BCUT2D eigenvalue weighted by molar-refractivity contribution is -0.114. The van der Waals surface area contributed by atoms with E-state index in [1.165, 1.54) is 7.11 Å². The van der Waals surface area contributed by atoms with Gasteiger partial charge in [0, 0.05) is 35.6 Å². The molecule has 4 aromatic rings. The molecule has 0 spiro atoms. The molecule has 0 unspecified atom stereocenters. The molecule has 1 aromatic heterocycles. The number of phenolic OH excluding ortho intramolecular Hbond substituents is 1. The summed E-state index contributed by atoms with van der Waals surface area (Å²) in [6.45, 7) is 0.376. The van der Waals surface area contributed by atoms with Gasteiger partial charge < -0.3 is 20.1 Å². The number of carbonyl (C=O) groups excluding carboxylic acids is 2. The number of phenols is 1. The molecule has 0 saturated carbocycles. The monoisotopic (exact) mass is 439 g/mol. The first kappa shape index (κ1) is 20.4. The molecule has 2 heterocycles. The SMILES string of the molecule is COc1ccc(CN/C=C2\C(=O)NC(=O)c3ccc(-c4ccc5[nH]ccc5c4)cc32)cc1O. The van der Waals surface area contributed by atoms with E-state index >= 15 is 0 Å². The minimum absolute atomic E-state index is 0.0415. The summed E-state index contributed by atoms with van der Waals surface area (Å²) in [6, 6.07) is 18.6. The van der Waals surface area contributed by atoms with Crippen LogP contribution in [0.4, 0.5) is 0 Å². The summed E-state index contributed by atoms with van der Waals surface area (Å²) in [5.74, 6) is -0.447. The number of ether oxygens (including phenoxy) is 1. The Hall–Kier alpha value is -4.52. The van der Waals surface area contributed by atoms with Crippen LogP contribution in [0.25, 0.3) is 27.6 Å². The first-order valence-corrected chi connectivity index (χ1v) is 10.4. The summed E-state index contributed by atoms with van der Waals surface area (Å²) >= 11 is 0. The first-order valence-electron chi connectivity index (χ1n) is 10.4. The number of nitrogens with one attached hydrogen (secondary N) is 3. The molecule has 7 heteroatoms. The molecule has 0 aliphatic carbocycles. The first-order chi connectivity index (χ1) is 16.0. The Labute approximate surface area is 189 Å². The summed E-state index contributed by atoms with van der Waals surface area (Å²) in [5, 5.41) is 16.5. The van der Waals surface area contributed by atoms with Crippen LogP contribution in [0.5, 0.6) is 11.5 Å². The zero-order valence-electron chi connectivity index (χ0n) is 17.8. The van der Waals surface area contributed by atoms with Gasteiger partial charge in [0.2, 0.25) is 0 Å². The molecule has 33 heavy (non-hydrogen) atoms. The number of amides is 2. The van der Waals surface area contributed by atoms with E-state index in [1.54, 1.807) is 24.4 Å². The van der Waals surface area contributed by atoms with Gasteiger partial charge in [-0.15, -0.1) is 0 Å². The summed E-state index contributed by atoms with van der Waals surface area (Å²) in [6.07, 6.45) is 3.49. The second-order valence-electron chi connectivity index (χ2n) is 7.77. The van der Waals surface area contributed by atoms with E-state index in [2.05, 4.69) is 21.7 Å². The number of aromatic amines is 1. The van der Waals surface area contributed by atoms with Gasteiger partial charge in [0.25, 0.3) is 11.8 Å². The molecule has 7 nitrogen and oxygen atoms in total. The van der Waals surface area contributed by atoms with Gasteiger partial charge in [0.1, 0.15) is 0 Å². The van der Waals surface area contributed by atoms with Crippen LogP contribution in [0.1, 0.15) is 21.5 Å². The van der Waals surface area contributed by atoms with E-state index in [0.717, 1.165) is 27.6 Å². The summed E-state index contributed by atoms with van der Waals surface area (Å²) in [7, 11) is 1.49. The third-order valence-electron chi connectivity index (χ3n) is 5.71. The highest BCUT2D eigenvalue weighted by molar-refractivity contribution is 6.31. The number of benzene rings is 3. The van der Waals surface area contributed by atoms with Crippen LogP contribution in [0.3, 0.4) is 0 Å². The van der Waals surface area contributed by atoms with Crippen LogP contribution >= 0.6 is 0 Å². The number of rotatable bonds is 5. The molecule has 5 rings (SSSR count). The van der Waals surface area contributed by atoms with Crippen LogP contribution in [0.15, 0.2) is 73.1 Å². The standard InChI is InChI=1S/C26H21N3O4/c1-33-24-7-2-15(10-23(24)30)13-27-14-21-20-12-17(3-5-19(20)25(31)29-26(21)32)16-4-6-22-18(11-16)8-9-28-22/h2-12,14,27-28,30H,13H2,1H3,(H,29,31,32)/b21-14-. The highest BCUT2D eigenvalue weighted by atomic mass is 16.5. The molecule has 2 amide bonds. The highest BCUT2D eigenvalue weighted by Crippen LogP contribution is 2.31. The van der Waals surface area contributed by atoms with Crippen LogP contribution in [-0.2, 0) is 11.3 Å². The van der Waals surface area contributed by atoms with Crippen molar-refractivity contribution in [3.63, 3.8) is 0 Å². The fourth-order valence-electron chi connectivity index (χ4n) is 4.00. The topological polar surface area (TPSA) is 103 Å².